The Morgan fingerprint density at radius 3 is 2.60 bits per heavy atom. The normalized spacial score (nSPS) is 10.8. The molecule has 1 N–H and O–H groups in total. The predicted octanol–water partition coefficient (Wildman–Crippen LogP) is -0.0828. The molecule has 10 heavy (non-hydrogen) atoms. The van der Waals surface area contributed by atoms with Gasteiger partial charge in [0.25, 0.3) is 5.91 Å². The number of nitroso groups, excluding NO2 is 1. The largest absolute Gasteiger partial charge is 0.354 e. The standard InChI is InChI=1S/C5H9N3O2/c1-4(5(9)6-2)7-3-8-10/h3H2,1-2H3,(H,6,9). The molecule has 5 heteroatoms. The van der Waals surface area contributed by atoms with E-state index in [2.05, 4.69) is 15.5 Å². The second kappa shape index (κ2) is 4.60. The number of aliphatic imine (C=N–C) groups is 1. The van der Waals surface area contributed by atoms with Gasteiger partial charge in [-0.15, -0.1) is 4.91 Å². The Morgan fingerprint density at radius 1 is 1.60 bits per heavy atom. The van der Waals surface area contributed by atoms with Crippen LogP contribution in [0, 0.1) is 4.91 Å². The summed E-state index contributed by atoms with van der Waals surface area (Å²) in [5, 5.41) is 4.84. The maximum Gasteiger partial charge on any atom is 0.264 e. The Hall–Kier alpha value is -1.26. The number of amides is 1. The van der Waals surface area contributed by atoms with Crippen molar-refractivity contribution < 1.29 is 4.79 Å². The lowest BCUT2D eigenvalue weighted by molar-refractivity contribution is -0.114. The zero-order valence-electron chi connectivity index (χ0n) is 5.92. The Labute approximate surface area is 58.5 Å². The third kappa shape index (κ3) is 2.91. The molecule has 0 aromatic heterocycles. The van der Waals surface area contributed by atoms with Gasteiger partial charge in [0.05, 0.1) is 5.71 Å². The van der Waals surface area contributed by atoms with E-state index in [0.717, 1.165) is 0 Å². The molecule has 0 heterocycles. The fourth-order valence-electron chi connectivity index (χ4n) is 0.388. The van der Waals surface area contributed by atoms with Crippen molar-refractivity contribution in [2.45, 2.75) is 6.92 Å². The Bertz CT molecular complexity index is 164. The molecule has 0 fully saturated rings. The van der Waals surface area contributed by atoms with Crippen molar-refractivity contribution >= 4 is 11.6 Å². The van der Waals surface area contributed by atoms with E-state index in [1.165, 1.54) is 14.0 Å². The molecule has 0 unspecified atom stereocenters. The van der Waals surface area contributed by atoms with E-state index in [1.807, 2.05) is 0 Å². The third-order valence-corrected chi connectivity index (χ3v) is 0.921. The Kier molecular flexibility index (Phi) is 4.02. The summed E-state index contributed by atoms with van der Waals surface area (Å²) < 4.78 is 0. The smallest absolute Gasteiger partial charge is 0.264 e. The number of rotatable bonds is 3. The molecule has 0 atom stereocenters. The number of nitrogens with one attached hydrogen (secondary N) is 1. The first-order chi connectivity index (χ1) is 4.72. The number of carbonyl (C=O) groups excluding carboxylic acids is 1. The molecule has 0 rings (SSSR count). The van der Waals surface area contributed by atoms with Gasteiger partial charge in [-0.1, -0.05) is 0 Å². The van der Waals surface area contributed by atoms with Gasteiger partial charge in [0, 0.05) is 7.05 Å². The summed E-state index contributed by atoms with van der Waals surface area (Å²) in [5.41, 5.74) is 0.266. The van der Waals surface area contributed by atoms with Gasteiger partial charge < -0.3 is 5.32 Å². The average molecular weight is 143 g/mol. The van der Waals surface area contributed by atoms with Crippen LogP contribution >= 0.6 is 0 Å². The summed E-state index contributed by atoms with van der Waals surface area (Å²) in [5.74, 6) is -0.288. The number of hydrogen-bond acceptors (Lipinski definition) is 4. The van der Waals surface area contributed by atoms with Crippen molar-refractivity contribution in [1.82, 2.24) is 5.32 Å². The van der Waals surface area contributed by atoms with E-state index < -0.39 is 0 Å². The minimum Gasteiger partial charge on any atom is -0.354 e. The molecule has 5 nitrogen and oxygen atoms in total. The summed E-state index contributed by atoms with van der Waals surface area (Å²) >= 11 is 0. The molecular weight excluding hydrogens is 134 g/mol. The first-order valence-corrected chi connectivity index (χ1v) is 2.74. The Balaban J connectivity index is 3.91. The van der Waals surface area contributed by atoms with Gasteiger partial charge >= 0.3 is 0 Å². The van der Waals surface area contributed by atoms with Crippen LogP contribution in [0.2, 0.25) is 0 Å². The van der Waals surface area contributed by atoms with Crippen LogP contribution in [0.1, 0.15) is 6.92 Å². The first kappa shape index (κ1) is 8.74. The van der Waals surface area contributed by atoms with E-state index in [4.69, 9.17) is 0 Å². The highest BCUT2D eigenvalue weighted by atomic mass is 16.3. The molecule has 0 saturated carbocycles. The monoisotopic (exact) mass is 143 g/mol. The van der Waals surface area contributed by atoms with Crippen molar-refractivity contribution in [2.24, 2.45) is 10.2 Å². The van der Waals surface area contributed by atoms with Crippen molar-refractivity contribution in [2.75, 3.05) is 13.7 Å². The second-order valence-electron chi connectivity index (χ2n) is 1.59. The molecule has 56 valence electrons. The summed E-state index contributed by atoms with van der Waals surface area (Å²) in [6.07, 6.45) is 0. The lowest BCUT2D eigenvalue weighted by Crippen LogP contribution is -2.25. The molecular formula is C5H9N3O2. The van der Waals surface area contributed by atoms with Gasteiger partial charge in [0.15, 0.2) is 6.67 Å². The summed E-state index contributed by atoms with van der Waals surface area (Å²) in [6, 6.07) is 0. The van der Waals surface area contributed by atoms with Crippen molar-refractivity contribution in [1.29, 1.82) is 0 Å². The van der Waals surface area contributed by atoms with E-state index in [-0.39, 0.29) is 18.3 Å². The van der Waals surface area contributed by atoms with Crippen LogP contribution in [-0.2, 0) is 4.79 Å². The molecule has 0 aromatic carbocycles. The zero-order chi connectivity index (χ0) is 7.98. The molecule has 0 aliphatic rings. The molecule has 0 radical (unpaired) electrons. The van der Waals surface area contributed by atoms with Gasteiger partial charge in [0.2, 0.25) is 0 Å². The topological polar surface area (TPSA) is 70.9 Å². The maximum absolute atomic E-state index is 10.6. The fraction of sp³-hybridized carbons (Fsp3) is 0.600. The van der Waals surface area contributed by atoms with Crippen LogP contribution in [-0.4, -0.2) is 25.3 Å². The van der Waals surface area contributed by atoms with Gasteiger partial charge in [0.1, 0.15) is 0 Å². The van der Waals surface area contributed by atoms with Crippen molar-refractivity contribution in [3.8, 4) is 0 Å². The maximum atomic E-state index is 10.6. The van der Waals surface area contributed by atoms with Gasteiger partial charge in [-0.2, -0.15) is 0 Å². The fourth-order valence-corrected chi connectivity index (χ4v) is 0.388. The van der Waals surface area contributed by atoms with E-state index in [1.54, 1.807) is 0 Å². The third-order valence-electron chi connectivity index (χ3n) is 0.921. The number of hydrogen-bond donors (Lipinski definition) is 1. The molecule has 0 bridgehead atoms. The van der Waals surface area contributed by atoms with Gasteiger partial charge in [-0.3, -0.25) is 9.79 Å². The minimum atomic E-state index is -0.288. The van der Waals surface area contributed by atoms with Crippen molar-refractivity contribution in [3.05, 3.63) is 4.91 Å². The summed E-state index contributed by atoms with van der Waals surface area (Å²) in [6.45, 7) is 1.32. The van der Waals surface area contributed by atoms with Crippen LogP contribution in [0.3, 0.4) is 0 Å². The number of nitrogens with zero attached hydrogens (tertiary/aromatic N) is 2. The lowest BCUT2D eigenvalue weighted by Gasteiger charge is -1.94. The predicted molar refractivity (Wildman–Crippen MR) is 37.8 cm³/mol. The SMILES string of the molecule is CNC(=O)C(C)=NCN=O. The molecule has 0 aromatic rings. The highest BCUT2D eigenvalue weighted by molar-refractivity contribution is 6.37. The highest BCUT2D eigenvalue weighted by Gasteiger charge is 1.99. The molecule has 0 spiro atoms. The van der Waals surface area contributed by atoms with Crippen LogP contribution < -0.4 is 5.32 Å². The van der Waals surface area contributed by atoms with Crippen LogP contribution in [0.25, 0.3) is 0 Å². The van der Waals surface area contributed by atoms with Crippen molar-refractivity contribution in [3.63, 3.8) is 0 Å². The molecule has 1 amide bonds. The van der Waals surface area contributed by atoms with E-state index in [9.17, 15) is 9.70 Å². The quantitative estimate of drug-likeness (QED) is 0.443. The molecule has 0 aliphatic carbocycles. The first-order valence-electron chi connectivity index (χ1n) is 2.74. The van der Waals surface area contributed by atoms with Crippen LogP contribution in [0.4, 0.5) is 0 Å². The summed E-state index contributed by atoms with van der Waals surface area (Å²) in [7, 11) is 1.50. The molecule has 0 saturated heterocycles. The van der Waals surface area contributed by atoms with E-state index in [0.29, 0.717) is 0 Å². The van der Waals surface area contributed by atoms with E-state index >= 15 is 0 Å². The van der Waals surface area contributed by atoms with Gasteiger partial charge in [-0.25, -0.2) is 0 Å². The van der Waals surface area contributed by atoms with Crippen LogP contribution in [0.15, 0.2) is 10.2 Å². The average Bonchev–Trinajstić information content (AvgIpc) is 1.98. The zero-order valence-corrected chi connectivity index (χ0v) is 5.92. The Morgan fingerprint density at radius 2 is 2.20 bits per heavy atom. The highest BCUT2D eigenvalue weighted by Crippen LogP contribution is 1.78. The minimum absolute atomic E-state index is 0.195. The lowest BCUT2D eigenvalue weighted by atomic mass is 10.4. The van der Waals surface area contributed by atoms with Crippen LogP contribution in [0.5, 0.6) is 0 Å². The number of carbonyl (C=O) groups is 1. The molecule has 0 aliphatic heterocycles. The summed E-state index contributed by atoms with van der Waals surface area (Å²) in [4.78, 5) is 23.7. The van der Waals surface area contributed by atoms with Gasteiger partial charge in [-0.05, 0) is 12.1 Å². The second-order valence-corrected chi connectivity index (χ2v) is 1.59.